The van der Waals surface area contributed by atoms with Crippen molar-refractivity contribution in [2.45, 2.75) is 38.2 Å². The van der Waals surface area contributed by atoms with Crippen LogP contribution < -0.4 is 10.9 Å². The zero-order chi connectivity index (χ0) is 27.7. The Morgan fingerprint density at radius 1 is 1.11 bits per heavy atom. The highest BCUT2D eigenvalue weighted by molar-refractivity contribution is 6.31. The molecule has 4 rings (SSSR count). The van der Waals surface area contributed by atoms with Crippen LogP contribution in [0.4, 0.5) is 10.1 Å². The van der Waals surface area contributed by atoms with Gasteiger partial charge in [0.05, 0.1) is 11.1 Å². The molecular weight excluding hydrogens is 511 g/mol. The number of nitrogens with zero attached hydrogens (tertiary/aromatic N) is 1. The van der Waals surface area contributed by atoms with E-state index < -0.39 is 28.4 Å². The number of aromatic hydroxyl groups is 1. The van der Waals surface area contributed by atoms with Gasteiger partial charge in [0.1, 0.15) is 11.6 Å². The van der Waals surface area contributed by atoms with Gasteiger partial charge in [-0.2, -0.15) is 0 Å². The van der Waals surface area contributed by atoms with E-state index in [2.05, 4.69) is 22.3 Å². The molecular formula is C29H24ClFN2O5. The van der Waals surface area contributed by atoms with Gasteiger partial charge >= 0.3 is 5.63 Å². The number of hydrogen-bond donors (Lipinski definition) is 3. The third-order valence-electron chi connectivity index (χ3n) is 6.17. The number of benzene rings is 3. The maximum atomic E-state index is 13.7. The summed E-state index contributed by atoms with van der Waals surface area (Å²) in [6.07, 6.45) is -0.194. The predicted octanol–water partition coefficient (Wildman–Crippen LogP) is 5.08. The Morgan fingerprint density at radius 2 is 1.82 bits per heavy atom. The van der Waals surface area contributed by atoms with E-state index in [0.29, 0.717) is 33.3 Å². The molecule has 0 spiro atoms. The van der Waals surface area contributed by atoms with Gasteiger partial charge in [-0.05, 0) is 72.5 Å². The van der Waals surface area contributed by atoms with Crippen LogP contribution in [0.25, 0.3) is 10.8 Å². The molecule has 1 atom stereocenters. The number of rotatable bonds is 5. The fourth-order valence-electron chi connectivity index (χ4n) is 4.22. The Morgan fingerprint density at radius 3 is 2.50 bits per heavy atom. The molecule has 0 saturated carbocycles. The molecule has 1 unspecified atom stereocenters. The lowest BCUT2D eigenvalue weighted by Gasteiger charge is -2.33. The normalized spacial score (nSPS) is 12.9. The first-order chi connectivity index (χ1) is 17.9. The first kappa shape index (κ1) is 26.9. The molecule has 0 bridgehead atoms. The van der Waals surface area contributed by atoms with E-state index in [0.717, 1.165) is 0 Å². The van der Waals surface area contributed by atoms with E-state index in [1.807, 2.05) is 0 Å². The summed E-state index contributed by atoms with van der Waals surface area (Å²) in [6, 6.07) is 14.5. The quantitative estimate of drug-likeness (QED) is 0.308. The topological polar surface area (TPSA) is 113 Å². The van der Waals surface area contributed by atoms with Crippen LogP contribution >= 0.6 is 11.6 Å². The van der Waals surface area contributed by atoms with Gasteiger partial charge in [-0.15, -0.1) is 0 Å². The van der Waals surface area contributed by atoms with Crippen LogP contribution in [0, 0.1) is 24.6 Å². The Hall–Kier alpha value is -4.19. The number of carbonyl (C=O) groups excluding carboxylic acids is 1. The fraction of sp³-hybridized carbons (Fsp3) is 0.207. The molecule has 38 heavy (non-hydrogen) atoms. The van der Waals surface area contributed by atoms with Crippen molar-refractivity contribution in [1.29, 1.82) is 0 Å². The van der Waals surface area contributed by atoms with Gasteiger partial charge < -0.3 is 20.1 Å². The van der Waals surface area contributed by atoms with Gasteiger partial charge in [0.25, 0.3) is 5.91 Å². The van der Waals surface area contributed by atoms with Crippen LogP contribution in [0.15, 0.2) is 70.0 Å². The molecule has 0 saturated heterocycles. The summed E-state index contributed by atoms with van der Waals surface area (Å²) in [5.74, 6) is 4.20. The van der Waals surface area contributed by atoms with Crippen molar-refractivity contribution < 1.29 is 23.9 Å². The molecule has 194 valence electrons. The first-order valence-electron chi connectivity index (χ1n) is 11.6. The summed E-state index contributed by atoms with van der Waals surface area (Å²) in [7, 11) is 0. The lowest BCUT2D eigenvalue weighted by atomic mass is 9.75. The lowest BCUT2D eigenvalue weighted by molar-refractivity contribution is -0.130. The monoisotopic (exact) mass is 534 g/mol. The number of amides is 1. The minimum atomic E-state index is -2.23. The molecule has 3 N–H and O–H groups in total. The number of aliphatic hydroxyl groups is 1. The number of halogens is 2. The van der Waals surface area contributed by atoms with Gasteiger partial charge in [-0.3, -0.25) is 4.79 Å². The minimum Gasteiger partial charge on any atom is -0.508 e. The molecule has 0 fully saturated rings. The van der Waals surface area contributed by atoms with Crippen molar-refractivity contribution >= 4 is 34.0 Å². The molecule has 0 aliphatic rings. The summed E-state index contributed by atoms with van der Waals surface area (Å²) in [5.41, 5.74) is -2.01. The van der Waals surface area contributed by atoms with Crippen LogP contribution in [0.1, 0.15) is 37.1 Å². The first-order valence-corrected chi connectivity index (χ1v) is 12.0. The van der Waals surface area contributed by atoms with Gasteiger partial charge in [0.15, 0.2) is 0 Å². The molecule has 0 aliphatic heterocycles. The number of aromatic nitrogens is 1. The highest BCUT2D eigenvalue weighted by Gasteiger charge is 2.41. The van der Waals surface area contributed by atoms with Crippen molar-refractivity contribution in [3.8, 4) is 17.6 Å². The summed E-state index contributed by atoms with van der Waals surface area (Å²) in [4.78, 5) is 25.5. The fourth-order valence-corrected chi connectivity index (χ4v) is 4.64. The number of nitrogens with one attached hydrogen (secondary N) is 1. The maximum Gasteiger partial charge on any atom is 0.366 e. The summed E-state index contributed by atoms with van der Waals surface area (Å²) < 4.78 is 18.4. The number of anilines is 1. The second-order valence-corrected chi connectivity index (χ2v) is 10.0. The largest absolute Gasteiger partial charge is 0.508 e. The number of fused-ring (bicyclic) bond motifs is 1. The lowest BCUT2D eigenvalue weighted by Crippen LogP contribution is -2.46. The van der Waals surface area contributed by atoms with E-state index in [1.165, 1.54) is 42.5 Å². The number of carbonyl (C=O) groups is 1. The molecule has 0 radical (unpaired) electrons. The Labute approximate surface area is 222 Å². The van der Waals surface area contributed by atoms with Crippen molar-refractivity contribution in [3.05, 3.63) is 98.7 Å². The number of hydrogen-bond acceptors (Lipinski definition) is 6. The summed E-state index contributed by atoms with van der Waals surface area (Å²) in [5, 5.41) is 28.5. The zero-order valence-electron chi connectivity index (χ0n) is 20.8. The van der Waals surface area contributed by atoms with Crippen LogP contribution in [0.3, 0.4) is 0 Å². The molecule has 9 heteroatoms. The molecule has 4 aromatic rings. The molecule has 0 aliphatic carbocycles. The minimum absolute atomic E-state index is 0.0470. The maximum absolute atomic E-state index is 13.7. The molecule has 1 heterocycles. The van der Waals surface area contributed by atoms with Crippen molar-refractivity contribution in [2.75, 3.05) is 5.32 Å². The third kappa shape index (κ3) is 5.70. The van der Waals surface area contributed by atoms with Crippen molar-refractivity contribution in [3.63, 3.8) is 0 Å². The van der Waals surface area contributed by atoms with E-state index in [-0.39, 0.29) is 17.2 Å². The average Bonchev–Trinajstić information content (AvgIpc) is 2.85. The highest BCUT2D eigenvalue weighted by Crippen LogP contribution is 2.37. The van der Waals surface area contributed by atoms with Gasteiger partial charge in [-0.1, -0.05) is 48.5 Å². The predicted molar refractivity (Wildman–Crippen MR) is 143 cm³/mol. The average molecular weight is 535 g/mol. The van der Waals surface area contributed by atoms with Gasteiger partial charge in [-0.25, -0.2) is 9.18 Å². The van der Waals surface area contributed by atoms with Crippen LogP contribution in [0.5, 0.6) is 5.75 Å². The smallest absolute Gasteiger partial charge is 0.366 e. The highest BCUT2D eigenvalue weighted by atomic mass is 35.5. The SMILES string of the molecule is Cc1noc(=O)c2ccc(NC(=O)C(O)(C#Cc3ccc(O)cc3)CC(C)(C)c3ccc(F)cc3Cl)cc12. The van der Waals surface area contributed by atoms with E-state index in [1.54, 1.807) is 39.0 Å². The van der Waals surface area contributed by atoms with E-state index in [9.17, 15) is 24.2 Å². The molecule has 7 nitrogen and oxygen atoms in total. The molecule has 1 amide bonds. The van der Waals surface area contributed by atoms with Crippen molar-refractivity contribution in [2.24, 2.45) is 0 Å². The second-order valence-electron chi connectivity index (χ2n) is 9.61. The summed E-state index contributed by atoms with van der Waals surface area (Å²) in [6.45, 7) is 5.18. The van der Waals surface area contributed by atoms with Crippen LogP contribution in [0.2, 0.25) is 5.02 Å². The number of phenols is 1. The Kier molecular flexibility index (Phi) is 7.27. The van der Waals surface area contributed by atoms with Gasteiger partial charge in [0, 0.05) is 28.1 Å². The van der Waals surface area contributed by atoms with Crippen LogP contribution in [-0.4, -0.2) is 26.9 Å². The molecule has 3 aromatic carbocycles. The molecule has 1 aromatic heterocycles. The van der Waals surface area contributed by atoms with Gasteiger partial charge in [0.2, 0.25) is 5.60 Å². The third-order valence-corrected chi connectivity index (χ3v) is 6.48. The standard InChI is InChI=1S/C29H24ClFN2O5/c1-17-23-15-20(7-10-22(23)26(35)38-33-17)32-27(36)29(37,13-12-18-4-8-21(34)9-5-18)16-28(2,3)24-11-6-19(31)14-25(24)30/h4-11,14-15,34,37H,16H2,1-3H3,(H,32,36). The van der Waals surface area contributed by atoms with E-state index in [4.69, 9.17) is 16.1 Å². The Bertz CT molecular complexity index is 1650. The van der Waals surface area contributed by atoms with Crippen molar-refractivity contribution in [1.82, 2.24) is 5.16 Å². The van der Waals surface area contributed by atoms with E-state index >= 15 is 0 Å². The summed E-state index contributed by atoms with van der Waals surface area (Å²) >= 11 is 6.30. The zero-order valence-corrected chi connectivity index (χ0v) is 21.6. The Balaban J connectivity index is 1.73. The second kappa shape index (κ2) is 10.3. The number of aryl methyl sites for hydroxylation is 1. The van der Waals surface area contributed by atoms with Crippen LogP contribution in [-0.2, 0) is 10.2 Å². The number of phenolic OH excluding ortho intramolecular Hbond substituents is 1.